The molecule has 0 aliphatic carbocycles. The summed E-state index contributed by atoms with van der Waals surface area (Å²) in [4.78, 5) is 38.7. The molecule has 0 saturated heterocycles. The Morgan fingerprint density at radius 2 is 1.12 bits per heavy atom. The molecule has 0 aromatic carbocycles. The van der Waals surface area contributed by atoms with Crippen LogP contribution in [0, 0.1) is 0 Å². The molecule has 0 aliphatic heterocycles. The fourth-order valence-electron chi connectivity index (χ4n) is 0.467. The molecule has 0 fully saturated rings. The third-order valence-electron chi connectivity index (χ3n) is 1.21. The topological polar surface area (TPSA) is 169 Å². The minimum Gasteiger partial charge on any atom is -0.481 e. The van der Waals surface area contributed by atoms with Crippen molar-refractivity contribution in [1.29, 1.82) is 0 Å². The molecular formula is C8H12O9. The highest BCUT2D eigenvalue weighted by Gasteiger charge is 2.16. The summed E-state index contributed by atoms with van der Waals surface area (Å²) in [5.41, 5.74) is 0. The monoisotopic (exact) mass is 252 g/mol. The summed E-state index contributed by atoms with van der Waals surface area (Å²) >= 11 is 0. The summed E-state index contributed by atoms with van der Waals surface area (Å²) in [5.74, 6) is -5.00. The van der Waals surface area contributed by atoms with Gasteiger partial charge in [-0.05, 0) is 0 Å². The average molecular weight is 252 g/mol. The second-order valence-electron chi connectivity index (χ2n) is 2.74. The summed E-state index contributed by atoms with van der Waals surface area (Å²) in [5, 5.41) is 39.9. The van der Waals surface area contributed by atoms with Crippen LogP contribution in [0.2, 0.25) is 0 Å². The number of rotatable bonds is 6. The van der Waals surface area contributed by atoms with Crippen molar-refractivity contribution in [2.24, 2.45) is 0 Å². The number of carbonyl (C=O) groups is 4. The summed E-state index contributed by atoms with van der Waals surface area (Å²) < 4.78 is 0. The molecule has 1 atom stereocenters. The van der Waals surface area contributed by atoms with Crippen LogP contribution in [-0.2, 0) is 19.2 Å². The highest BCUT2D eigenvalue weighted by molar-refractivity contribution is 5.79. The van der Waals surface area contributed by atoms with E-state index < -0.39 is 36.4 Å². The van der Waals surface area contributed by atoms with Gasteiger partial charge in [0.1, 0.15) is 0 Å². The average Bonchev–Trinajstić information content (AvgIpc) is 2.14. The van der Waals surface area contributed by atoms with Crippen molar-refractivity contribution in [1.82, 2.24) is 0 Å². The molecule has 0 amide bonds. The van der Waals surface area contributed by atoms with Crippen molar-refractivity contribution in [3.05, 3.63) is 0 Å². The van der Waals surface area contributed by atoms with Crippen molar-refractivity contribution >= 4 is 23.9 Å². The van der Waals surface area contributed by atoms with Gasteiger partial charge in [-0.15, -0.1) is 0 Å². The van der Waals surface area contributed by atoms with E-state index >= 15 is 0 Å². The second-order valence-corrected chi connectivity index (χ2v) is 2.74. The lowest BCUT2D eigenvalue weighted by molar-refractivity contribution is -0.152. The van der Waals surface area contributed by atoms with Crippen molar-refractivity contribution in [3.63, 3.8) is 0 Å². The van der Waals surface area contributed by atoms with Crippen LogP contribution in [0.25, 0.3) is 0 Å². The maximum atomic E-state index is 9.72. The summed E-state index contributed by atoms with van der Waals surface area (Å²) in [7, 11) is 0. The predicted molar refractivity (Wildman–Crippen MR) is 50.4 cm³/mol. The van der Waals surface area contributed by atoms with Crippen molar-refractivity contribution in [2.75, 3.05) is 0 Å². The van der Waals surface area contributed by atoms with Crippen LogP contribution in [0.15, 0.2) is 0 Å². The first-order valence-electron chi connectivity index (χ1n) is 4.23. The Labute approximate surface area is 94.9 Å². The third-order valence-corrected chi connectivity index (χ3v) is 1.21. The molecule has 9 heteroatoms. The minimum absolute atomic E-state index is 0.296. The van der Waals surface area contributed by atoms with Crippen LogP contribution < -0.4 is 0 Å². The minimum atomic E-state index is -1.79. The number of aliphatic hydroxyl groups excluding tert-OH is 1. The fourth-order valence-corrected chi connectivity index (χ4v) is 0.467. The van der Waals surface area contributed by atoms with Crippen LogP contribution in [-0.4, -0.2) is 55.5 Å². The van der Waals surface area contributed by atoms with E-state index in [0.717, 1.165) is 0 Å². The summed E-state index contributed by atoms with van der Waals surface area (Å²) in [6, 6.07) is 0. The smallest absolute Gasteiger partial charge is 0.333 e. The van der Waals surface area contributed by atoms with Gasteiger partial charge in [0.15, 0.2) is 6.10 Å². The molecule has 17 heavy (non-hydrogen) atoms. The zero-order valence-corrected chi connectivity index (χ0v) is 8.57. The number of aliphatic hydroxyl groups is 1. The van der Waals surface area contributed by atoms with E-state index in [9.17, 15) is 19.2 Å². The van der Waals surface area contributed by atoms with Gasteiger partial charge in [-0.1, -0.05) is 0 Å². The van der Waals surface area contributed by atoms with E-state index in [1.807, 2.05) is 0 Å². The SMILES string of the molecule is O=C(O)CCC(=O)O.O=C(O)C[C@H](O)C(=O)O. The number of carboxylic acids is 4. The summed E-state index contributed by atoms with van der Waals surface area (Å²) in [6.45, 7) is 0. The first-order valence-corrected chi connectivity index (χ1v) is 4.23. The van der Waals surface area contributed by atoms with Gasteiger partial charge in [-0.3, -0.25) is 14.4 Å². The normalized spacial score (nSPS) is 10.6. The zero-order chi connectivity index (χ0) is 14.0. The molecule has 9 nitrogen and oxygen atoms in total. The van der Waals surface area contributed by atoms with Crippen LogP contribution >= 0.6 is 0 Å². The molecular weight excluding hydrogens is 240 g/mol. The molecule has 0 heterocycles. The van der Waals surface area contributed by atoms with Crippen LogP contribution in [0.3, 0.4) is 0 Å². The highest BCUT2D eigenvalue weighted by atomic mass is 16.4. The van der Waals surface area contributed by atoms with Gasteiger partial charge in [0.05, 0.1) is 19.3 Å². The van der Waals surface area contributed by atoms with E-state index in [4.69, 9.17) is 25.5 Å². The van der Waals surface area contributed by atoms with E-state index in [2.05, 4.69) is 0 Å². The molecule has 98 valence electrons. The summed E-state index contributed by atoms with van der Waals surface area (Å²) in [6.07, 6.45) is -3.14. The van der Waals surface area contributed by atoms with Gasteiger partial charge in [-0.25, -0.2) is 4.79 Å². The lowest BCUT2D eigenvalue weighted by atomic mass is 10.3. The van der Waals surface area contributed by atoms with E-state index in [1.54, 1.807) is 0 Å². The van der Waals surface area contributed by atoms with Gasteiger partial charge in [0, 0.05) is 0 Å². The van der Waals surface area contributed by atoms with Gasteiger partial charge >= 0.3 is 23.9 Å². The maximum Gasteiger partial charge on any atom is 0.333 e. The van der Waals surface area contributed by atoms with E-state index in [0.29, 0.717) is 0 Å². The first-order chi connectivity index (χ1) is 7.66. The number of carboxylic acid groups (broad SMARTS) is 4. The Kier molecular flexibility index (Phi) is 9.22. The van der Waals surface area contributed by atoms with Gasteiger partial charge in [0.2, 0.25) is 0 Å². The van der Waals surface area contributed by atoms with E-state index in [1.165, 1.54) is 0 Å². The van der Waals surface area contributed by atoms with Crippen molar-refractivity contribution in [2.45, 2.75) is 25.4 Å². The van der Waals surface area contributed by atoms with Crippen LogP contribution in [0.1, 0.15) is 19.3 Å². The highest BCUT2D eigenvalue weighted by Crippen LogP contribution is 1.89. The Hall–Kier alpha value is -2.16. The molecule has 0 aromatic heterocycles. The van der Waals surface area contributed by atoms with Crippen molar-refractivity contribution < 1.29 is 44.7 Å². The van der Waals surface area contributed by atoms with E-state index in [-0.39, 0.29) is 12.8 Å². The van der Waals surface area contributed by atoms with Crippen LogP contribution in [0.4, 0.5) is 0 Å². The standard InChI is InChI=1S/C4H6O5.C4H6O4/c5-2(4(8)9)1-3(6)7;5-3(6)1-2-4(7)8/h2,5H,1H2,(H,6,7)(H,8,9);1-2H2,(H,5,6)(H,7,8)/t2-;/m0./s1. The number of hydrogen-bond donors (Lipinski definition) is 5. The van der Waals surface area contributed by atoms with Crippen molar-refractivity contribution in [3.8, 4) is 0 Å². The maximum absolute atomic E-state index is 9.72. The van der Waals surface area contributed by atoms with Crippen LogP contribution in [0.5, 0.6) is 0 Å². The van der Waals surface area contributed by atoms with Gasteiger partial charge in [-0.2, -0.15) is 0 Å². The molecule has 0 rings (SSSR count). The molecule has 0 aromatic rings. The number of aliphatic carboxylic acids is 4. The lowest BCUT2D eigenvalue weighted by Gasteiger charge is -1.97. The fraction of sp³-hybridized carbons (Fsp3) is 0.500. The second kappa shape index (κ2) is 9.09. The van der Waals surface area contributed by atoms with Gasteiger partial charge < -0.3 is 25.5 Å². The predicted octanol–water partition coefficient (Wildman–Crippen LogP) is -1.16. The number of hydrogen-bond acceptors (Lipinski definition) is 5. The largest absolute Gasteiger partial charge is 0.481 e. The molecule has 0 saturated carbocycles. The molecule has 0 bridgehead atoms. The first kappa shape index (κ1) is 17.2. The molecule has 0 aliphatic rings. The molecule has 0 radical (unpaired) electrons. The Bertz CT molecular complexity index is 281. The molecule has 5 N–H and O–H groups in total. The lowest BCUT2D eigenvalue weighted by Crippen LogP contribution is -2.22. The quantitative estimate of drug-likeness (QED) is 0.391. The Morgan fingerprint density at radius 1 is 0.765 bits per heavy atom. The van der Waals surface area contributed by atoms with Gasteiger partial charge in [0.25, 0.3) is 0 Å². The molecule has 0 spiro atoms. The zero-order valence-electron chi connectivity index (χ0n) is 8.57. The Morgan fingerprint density at radius 3 is 1.24 bits per heavy atom. The Balaban J connectivity index is 0. The molecule has 0 unspecified atom stereocenters. The third kappa shape index (κ3) is 16.5.